The maximum Gasteiger partial charge on any atom is 0.277 e. The lowest BCUT2D eigenvalue weighted by molar-refractivity contribution is -0.385. The number of ether oxygens (including phenoxy) is 1. The Hall–Kier alpha value is -2.11. The molecule has 0 heterocycles. The number of aliphatic hydroxyl groups excluding tert-OH is 1. The maximum atomic E-state index is 11.0. The van der Waals surface area contributed by atoms with Gasteiger partial charge in [-0.2, -0.15) is 0 Å². The van der Waals surface area contributed by atoms with Crippen molar-refractivity contribution < 1.29 is 14.8 Å². The Kier molecular flexibility index (Phi) is 4.77. The van der Waals surface area contributed by atoms with Crippen molar-refractivity contribution in [3.63, 3.8) is 0 Å². The van der Waals surface area contributed by atoms with E-state index in [2.05, 4.69) is 0 Å². The fraction of sp³-hybridized carbons (Fsp3) is 0.200. The van der Waals surface area contributed by atoms with Gasteiger partial charge in [0.25, 0.3) is 5.69 Å². The highest BCUT2D eigenvalue weighted by Crippen LogP contribution is 2.26. The molecule has 0 aliphatic heterocycles. The van der Waals surface area contributed by atoms with Gasteiger partial charge < -0.3 is 9.84 Å². The van der Waals surface area contributed by atoms with E-state index < -0.39 is 4.92 Å². The first kappa shape index (κ1) is 15.3. The normalized spacial score (nSPS) is 10.4. The van der Waals surface area contributed by atoms with Gasteiger partial charge in [-0.3, -0.25) is 10.1 Å². The molecule has 0 aliphatic carbocycles. The van der Waals surface area contributed by atoms with Crippen molar-refractivity contribution in [2.45, 2.75) is 20.1 Å². The van der Waals surface area contributed by atoms with Gasteiger partial charge in [-0.15, -0.1) is 0 Å². The molecule has 2 aromatic carbocycles. The summed E-state index contributed by atoms with van der Waals surface area (Å²) in [5.74, 6) is 0.507. The number of hydrogen-bond donors (Lipinski definition) is 1. The third-order valence-electron chi connectivity index (χ3n) is 3.01. The zero-order chi connectivity index (χ0) is 15.4. The number of aliphatic hydroxyl groups is 1. The average molecular weight is 308 g/mol. The van der Waals surface area contributed by atoms with Crippen molar-refractivity contribution in [3.8, 4) is 5.75 Å². The summed E-state index contributed by atoms with van der Waals surface area (Å²) in [4.78, 5) is 10.5. The van der Waals surface area contributed by atoms with Gasteiger partial charge in [0.2, 0.25) is 0 Å². The molecule has 0 saturated carbocycles. The standard InChI is InChI=1S/C15H14ClNO4/c1-10-2-5-15(12(6-10)8-18)21-9-11-3-4-13(16)7-14(11)17(19)20/h2-7,18H,8-9H2,1H3. The molecule has 0 atom stereocenters. The van der Waals surface area contributed by atoms with E-state index in [4.69, 9.17) is 16.3 Å². The average Bonchev–Trinajstić information content (AvgIpc) is 2.46. The van der Waals surface area contributed by atoms with Crippen molar-refractivity contribution in [2.24, 2.45) is 0 Å². The van der Waals surface area contributed by atoms with Crippen molar-refractivity contribution in [3.05, 3.63) is 68.2 Å². The molecule has 110 valence electrons. The van der Waals surface area contributed by atoms with E-state index in [0.29, 0.717) is 21.9 Å². The first-order valence-electron chi connectivity index (χ1n) is 6.27. The van der Waals surface area contributed by atoms with Crippen LogP contribution in [0.25, 0.3) is 0 Å². The molecule has 0 aliphatic rings. The lowest BCUT2D eigenvalue weighted by atomic mass is 10.1. The van der Waals surface area contributed by atoms with Gasteiger partial charge in [-0.25, -0.2) is 0 Å². The molecule has 2 rings (SSSR count). The molecule has 0 saturated heterocycles. The largest absolute Gasteiger partial charge is 0.488 e. The minimum Gasteiger partial charge on any atom is -0.488 e. The number of rotatable bonds is 5. The summed E-state index contributed by atoms with van der Waals surface area (Å²) >= 11 is 5.76. The van der Waals surface area contributed by atoms with Crippen LogP contribution >= 0.6 is 11.6 Å². The molecule has 21 heavy (non-hydrogen) atoms. The van der Waals surface area contributed by atoms with E-state index in [1.807, 2.05) is 19.1 Å². The Morgan fingerprint density at radius 3 is 2.67 bits per heavy atom. The van der Waals surface area contributed by atoms with E-state index in [9.17, 15) is 15.2 Å². The van der Waals surface area contributed by atoms with Gasteiger partial charge in [0.1, 0.15) is 12.4 Å². The van der Waals surface area contributed by atoms with E-state index >= 15 is 0 Å². The molecule has 5 nitrogen and oxygen atoms in total. The van der Waals surface area contributed by atoms with Gasteiger partial charge in [0.05, 0.1) is 17.1 Å². The molecular weight excluding hydrogens is 294 g/mol. The highest BCUT2D eigenvalue weighted by molar-refractivity contribution is 6.30. The van der Waals surface area contributed by atoms with E-state index in [1.54, 1.807) is 18.2 Å². The van der Waals surface area contributed by atoms with Crippen LogP contribution in [0.3, 0.4) is 0 Å². The van der Waals surface area contributed by atoms with Gasteiger partial charge in [0, 0.05) is 16.7 Å². The predicted octanol–water partition coefficient (Wildman–Crippen LogP) is 3.63. The molecule has 2 aromatic rings. The SMILES string of the molecule is Cc1ccc(OCc2ccc(Cl)cc2[N+](=O)[O-])c(CO)c1. The number of halogens is 1. The number of hydrogen-bond acceptors (Lipinski definition) is 4. The summed E-state index contributed by atoms with van der Waals surface area (Å²) in [5.41, 5.74) is 1.99. The number of benzene rings is 2. The third kappa shape index (κ3) is 3.71. The molecule has 1 N–H and O–H groups in total. The predicted molar refractivity (Wildman–Crippen MR) is 79.5 cm³/mol. The molecule has 0 aromatic heterocycles. The summed E-state index contributed by atoms with van der Waals surface area (Å²) in [6, 6.07) is 9.84. The van der Waals surface area contributed by atoms with Crippen LogP contribution in [-0.4, -0.2) is 10.0 Å². The smallest absolute Gasteiger partial charge is 0.277 e. The Bertz CT molecular complexity index is 673. The Morgan fingerprint density at radius 2 is 2.00 bits per heavy atom. The topological polar surface area (TPSA) is 72.6 Å². The first-order chi connectivity index (χ1) is 10.0. The second-order valence-electron chi connectivity index (χ2n) is 4.59. The number of nitro benzene ring substituents is 1. The summed E-state index contributed by atoms with van der Waals surface area (Å²) in [7, 11) is 0. The van der Waals surface area contributed by atoms with Crippen LogP contribution in [0.15, 0.2) is 36.4 Å². The van der Waals surface area contributed by atoms with Gasteiger partial charge in [-0.05, 0) is 25.1 Å². The van der Waals surface area contributed by atoms with Crippen molar-refractivity contribution in [1.29, 1.82) is 0 Å². The Morgan fingerprint density at radius 1 is 1.24 bits per heavy atom. The van der Waals surface area contributed by atoms with Crippen molar-refractivity contribution in [1.82, 2.24) is 0 Å². The Labute approximate surface area is 126 Å². The van der Waals surface area contributed by atoms with Crippen molar-refractivity contribution >= 4 is 17.3 Å². The molecule has 0 amide bonds. The zero-order valence-electron chi connectivity index (χ0n) is 11.4. The van der Waals surface area contributed by atoms with Crippen LogP contribution in [0.5, 0.6) is 5.75 Å². The van der Waals surface area contributed by atoms with Crippen LogP contribution in [-0.2, 0) is 13.2 Å². The summed E-state index contributed by atoms with van der Waals surface area (Å²) < 4.78 is 5.59. The van der Waals surface area contributed by atoms with Crippen LogP contribution in [0.1, 0.15) is 16.7 Å². The lowest BCUT2D eigenvalue weighted by Gasteiger charge is -2.11. The van der Waals surface area contributed by atoms with Crippen LogP contribution in [0.4, 0.5) is 5.69 Å². The first-order valence-corrected chi connectivity index (χ1v) is 6.65. The number of nitrogens with zero attached hydrogens (tertiary/aromatic N) is 1. The van der Waals surface area contributed by atoms with E-state index in [1.165, 1.54) is 6.07 Å². The Balaban J connectivity index is 2.22. The quantitative estimate of drug-likeness (QED) is 0.676. The molecule has 6 heteroatoms. The maximum absolute atomic E-state index is 11.0. The summed E-state index contributed by atoms with van der Waals surface area (Å²) in [5, 5.41) is 20.6. The van der Waals surface area contributed by atoms with E-state index in [-0.39, 0.29) is 18.9 Å². The molecular formula is C15H14ClNO4. The molecule has 0 fully saturated rings. The van der Waals surface area contributed by atoms with Gasteiger partial charge in [-0.1, -0.05) is 29.3 Å². The minimum atomic E-state index is -0.493. The minimum absolute atomic E-state index is 0.0313. The summed E-state index contributed by atoms with van der Waals surface area (Å²) in [6.07, 6.45) is 0. The lowest BCUT2D eigenvalue weighted by Crippen LogP contribution is -2.02. The second kappa shape index (κ2) is 6.56. The van der Waals surface area contributed by atoms with E-state index in [0.717, 1.165) is 5.56 Å². The second-order valence-corrected chi connectivity index (χ2v) is 5.02. The summed E-state index contributed by atoms with van der Waals surface area (Å²) in [6.45, 7) is 1.79. The highest BCUT2D eigenvalue weighted by atomic mass is 35.5. The molecule has 0 spiro atoms. The van der Waals surface area contributed by atoms with Gasteiger partial charge in [0.15, 0.2) is 0 Å². The fourth-order valence-electron chi connectivity index (χ4n) is 1.96. The third-order valence-corrected chi connectivity index (χ3v) is 3.25. The monoisotopic (exact) mass is 307 g/mol. The van der Waals surface area contributed by atoms with Crippen LogP contribution in [0.2, 0.25) is 5.02 Å². The number of aryl methyl sites for hydroxylation is 1. The van der Waals surface area contributed by atoms with Crippen LogP contribution in [0, 0.1) is 17.0 Å². The number of nitro groups is 1. The fourth-order valence-corrected chi connectivity index (χ4v) is 2.12. The van der Waals surface area contributed by atoms with Crippen molar-refractivity contribution in [2.75, 3.05) is 0 Å². The molecule has 0 unspecified atom stereocenters. The zero-order valence-corrected chi connectivity index (χ0v) is 12.1. The molecule has 0 radical (unpaired) electrons. The molecule has 0 bridgehead atoms. The highest BCUT2D eigenvalue weighted by Gasteiger charge is 2.15. The van der Waals surface area contributed by atoms with Crippen LogP contribution < -0.4 is 4.74 Å². The van der Waals surface area contributed by atoms with Gasteiger partial charge >= 0.3 is 0 Å².